The van der Waals surface area contributed by atoms with Gasteiger partial charge in [0.1, 0.15) is 0 Å². The van der Waals surface area contributed by atoms with Crippen molar-refractivity contribution in [2.45, 2.75) is 48.8 Å². The zero-order valence-electron chi connectivity index (χ0n) is 15.6. The molecule has 1 amide bonds. The van der Waals surface area contributed by atoms with E-state index in [0.29, 0.717) is 42.5 Å². The highest BCUT2D eigenvalue weighted by atomic mass is 32.2. The second kappa shape index (κ2) is 6.96. The number of hydrogen-bond acceptors (Lipinski definition) is 6. The molecule has 150 valence electrons. The lowest BCUT2D eigenvalue weighted by Crippen LogP contribution is -2.41. The van der Waals surface area contributed by atoms with Gasteiger partial charge in [-0.25, -0.2) is 8.42 Å². The Morgan fingerprint density at radius 2 is 1.93 bits per heavy atom. The largest absolute Gasteiger partial charge is 0.378 e. The third kappa shape index (κ3) is 2.91. The second-order valence-electron chi connectivity index (χ2n) is 7.69. The number of ether oxygens (including phenoxy) is 1. The quantitative estimate of drug-likeness (QED) is 0.745. The molecule has 4 heterocycles. The fourth-order valence-corrected chi connectivity index (χ4v) is 7.43. The highest BCUT2D eigenvalue weighted by Crippen LogP contribution is 2.45. The fraction of sp³-hybridized carbons (Fsp3) is 0.579. The summed E-state index contributed by atoms with van der Waals surface area (Å²) < 4.78 is 33.0. The molecular weight excluding hydrogens is 398 g/mol. The topological polar surface area (TPSA) is 81.5 Å². The summed E-state index contributed by atoms with van der Waals surface area (Å²) in [6, 6.07) is 1.91. The number of carbonyl (C=O) groups excluding carboxylic acids is 1. The van der Waals surface area contributed by atoms with Gasteiger partial charge in [0, 0.05) is 18.7 Å². The Bertz CT molecular complexity index is 1010. The first-order chi connectivity index (χ1) is 13.6. The van der Waals surface area contributed by atoms with Gasteiger partial charge in [-0.05, 0) is 24.3 Å². The molecular formula is C19H23N3O4S2. The van der Waals surface area contributed by atoms with Crippen LogP contribution in [0.5, 0.6) is 0 Å². The number of fused-ring (bicyclic) bond motifs is 3. The summed E-state index contributed by atoms with van der Waals surface area (Å²) in [7, 11) is -3.45. The molecule has 0 bridgehead atoms. The van der Waals surface area contributed by atoms with Crippen molar-refractivity contribution in [3.63, 3.8) is 0 Å². The van der Waals surface area contributed by atoms with E-state index in [1.807, 2.05) is 10.1 Å². The zero-order valence-corrected chi connectivity index (χ0v) is 17.2. The fourth-order valence-electron chi connectivity index (χ4n) is 4.51. The Hall–Kier alpha value is -1.71. The maximum atomic E-state index is 13.2. The maximum Gasteiger partial charge on any atom is 0.274 e. The number of amides is 1. The van der Waals surface area contributed by atoms with Crippen molar-refractivity contribution in [3.05, 3.63) is 22.7 Å². The summed E-state index contributed by atoms with van der Waals surface area (Å²) in [4.78, 5) is 16.1. The number of hydrogen-bond donors (Lipinski definition) is 0. The first-order valence-electron chi connectivity index (χ1n) is 9.85. The third-order valence-corrected chi connectivity index (χ3v) is 8.67. The van der Waals surface area contributed by atoms with Gasteiger partial charge in [-0.1, -0.05) is 19.3 Å². The van der Waals surface area contributed by atoms with Crippen LogP contribution >= 0.6 is 11.3 Å². The van der Waals surface area contributed by atoms with Gasteiger partial charge in [0.05, 0.1) is 40.5 Å². The molecule has 1 aliphatic carbocycles. The number of nitrogens with zero attached hydrogens (tertiary/aromatic N) is 3. The van der Waals surface area contributed by atoms with Crippen molar-refractivity contribution in [3.8, 4) is 10.6 Å². The molecule has 9 heteroatoms. The number of thiophene rings is 1. The molecule has 0 radical (unpaired) electrons. The number of rotatable bonds is 2. The van der Waals surface area contributed by atoms with E-state index >= 15 is 0 Å². The van der Waals surface area contributed by atoms with Crippen LogP contribution in [0.15, 0.2) is 16.3 Å². The van der Waals surface area contributed by atoms with Gasteiger partial charge in [0.15, 0.2) is 15.5 Å². The Balaban J connectivity index is 1.66. The summed E-state index contributed by atoms with van der Waals surface area (Å²) in [5.74, 6) is -0.325. The first kappa shape index (κ1) is 18.3. The number of sulfone groups is 1. The molecule has 28 heavy (non-hydrogen) atoms. The molecule has 5 rings (SSSR count). The van der Waals surface area contributed by atoms with Crippen molar-refractivity contribution in [1.29, 1.82) is 0 Å². The maximum absolute atomic E-state index is 13.2. The Kier molecular flexibility index (Phi) is 4.56. The standard InChI is InChI=1S/C19H23N3O4S2/c23-19(21-7-9-26-10-8-21)16-14-12-28(24,25)15-6-11-27-18(15)17(14)22(20-16)13-4-2-1-3-5-13/h6,11,13H,1-5,7-10,12H2. The highest BCUT2D eigenvalue weighted by Gasteiger charge is 2.39. The highest BCUT2D eigenvalue weighted by molar-refractivity contribution is 7.91. The SMILES string of the molecule is O=C(c1nn(C2CCCCC2)c2c1CS(=O)(=O)c1ccsc1-2)N1CCOCC1. The van der Waals surface area contributed by atoms with Crippen molar-refractivity contribution in [2.24, 2.45) is 0 Å². The zero-order chi connectivity index (χ0) is 19.3. The Morgan fingerprint density at radius 1 is 1.18 bits per heavy atom. The molecule has 0 atom stereocenters. The van der Waals surface area contributed by atoms with E-state index in [0.717, 1.165) is 36.3 Å². The molecule has 0 spiro atoms. The molecule has 2 fully saturated rings. The second-order valence-corrected chi connectivity index (χ2v) is 10.6. The van der Waals surface area contributed by atoms with Crippen LogP contribution in [0.25, 0.3) is 10.6 Å². The Morgan fingerprint density at radius 3 is 2.68 bits per heavy atom. The summed E-state index contributed by atoms with van der Waals surface area (Å²) in [6.45, 7) is 2.04. The minimum atomic E-state index is -3.45. The summed E-state index contributed by atoms with van der Waals surface area (Å²) in [5, 5.41) is 6.58. The molecule has 3 aliphatic rings. The normalized spacial score (nSPS) is 21.9. The molecule has 7 nitrogen and oxygen atoms in total. The van der Waals surface area contributed by atoms with Gasteiger partial charge in [-0.3, -0.25) is 9.48 Å². The van der Waals surface area contributed by atoms with Crippen LogP contribution in [0.2, 0.25) is 0 Å². The van der Waals surface area contributed by atoms with Crippen LogP contribution in [0.1, 0.15) is 54.2 Å². The lowest BCUT2D eigenvalue weighted by molar-refractivity contribution is 0.0297. The molecule has 0 aromatic carbocycles. The first-order valence-corrected chi connectivity index (χ1v) is 12.4. The molecule has 2 aliphatic heterocycles. The molecule has 0 unspecified atom stereocenters. The van der Waals surface area contributed by atoms with Crippen molar-refractivity contribution >= 4 is 27.1 Å². The minimum absolute atomic E-state index is 0.149. The van der Waals surface area contributed by atoms with Crippen LogP contribution in [0, 0.1) is 0 Å². The van der Waals surface area contributed by atoms with Crippen molar-refractivity contribution in [2.75, 3.05) is 26.3 Å². The molecule has 2 aromatic rings. The van der Waals surface area contributed by atoms with Gasteiger partial charge in [0.25, 0.3) is 5.91 Å². The van der Waals surface area contributed by atoms with Crippen molar-refractivity contribution in [1.82, 2.24) is 14.7 Å². The van der Waals surface area contributed by atoms with Gasteiger partial charge in [-0.2, -0.15) is 5.10 Å². The van der Waals surface area contributed by atoms with E-state index in [1.165, 1.54) is 17.8 Å². The molecule has 1 saturated carbocycles. The lowest BCUT2D eigenvalue weighted by Gasteiger charge is -2.26. The average molecular weight is 422 g/mol. The number of aromatic nitrogens is 2. The average Bonchev–Trinajstić information content (AvgIpc) is 3.34. The van der Waals surface area contributed by atoms with E-state index < -0.39 is 9.84 Å². The van der Waals surface area contributed by atoms with E-state index in [9.17, 15) is 13.2 Å². The van der Waals surface area contributed by atoms with Gasteiger partial charge < -0.3 is 9.64 Å². The molecule has 0 N–H and O–H groups in total. The smallest absolute Gasteiger partial charge is 0.274 e. The predicted molar refractivity (Wildman–Crippen MR) is 105 cm³/mol. The summed E-state index contributed by atoms with van der Waals surface area (Å²) in [6.07, 6.45) is 5.54. The Labute approximate surface area is 168 Å². The van der Waals surface area contributed by atoms with Crippen molar-refractivity contribution < 1.29 is 17.9 Å². The summed E-state index contributed by atoms with van der Waals surface area (Å²) in [5.41, 5.74) is 1.74. The van der Waals surface area contributed by atoms with Gasteiger partial charge in [-0.15, -0.1) is 11.3 Å². The minimum Gasteiger partial charge on any atom is -0.378 e. The molecule has 1 saturated heterocycles. The summed E-state index contributed by atoms with van der Waals surface area (Å²) >= 11 is 1.42. The molecule has 2 aromatic heterocycles. The van der Waals surface area contributed by atoms with Crippen LogP contribution in [-0.4, -0.2) is 55.3 Å². The van der Waals surface area contributed by atoms with E-state index in [1.54, 1.807) is 11.0 Å². The number of morpholine rings is 1. The van der Waals surface area contributed by atoms with Crippen LogP contribution in [-0.2, 0) is 20.3 Å². The monoisotopic (exact) mass is 421 g/mol. The van der Waals surface area contributed by atoms with E-state index in [-0.39, 0.29) is 17.7 Å². The van der Waals surface area contributed by atoms with E-state index in [4.69, 9.17) is 9.84 Å². The lowest BCUT2D eigenvalue weighted by atomic mass is 9.95. The van der Waals surface area contributed by atoms with Gasteiger partial charge in [0.2, 0.25) is 0 Å². The number of carbonyl (C=O) groups is 1. The third-order valence-electron chi connectivity index (χ3n) is 5.94. The van der Waals surface area contributed by atoms with Gasteiger partial charge >= 0.3 is 0 Å². The van der Waals surface area contributed by atoms with Crippen LogP contribution < -0.4 is 0 Å². The van der Waals surface area contributed by atoms with E-state index in [2.05, 4.69) is 0 Å². The predicted octanol–water partition coefficient (Wildman–Crippen LogP) is 2.88. The van der Waals surface area contributed by atoms with Crippen LogP contribution in [0.4, 0.5) is 0 Å². The van der Waals surface area contributed by atoms with Crippen LogP contribution in [0.3, 0.4) is 0 Å².